The second-order valence-electron chi connectivity index (χ2n) is 3.99. The fourth-order valence-electron chi connectivity index (χ4n) is 2.09. The highest BCUT2D eigenvalue weighted by Gasteiger charge is 2.20. The molecule has 1 atom stereocenters. The Kier molecular flexibility index (Phi) is 2.51. The third kappa shape index (κ3) is 1.75. The lowest BCUT2D eigenvalue weighted by Gasteiger charge is -2.33. The molecule has 0 saturated heterocycles. The van der Waals surface area contributed by atoms with Gasteiger partial charge in [0.2, 0.25) is 0 Å². The van der Waals surface area contributed by atoms with Gasteiger partial charge in [-0.3, -0.25) is 0 Å². The van der Waals surface area contributed by atoms with Crippen molar-refractivity contribution in [2.24, 2.45) is 0 Å². The molecule has 2 N–H and O–H groups in total. The predicted octanol–water partition coefficient (Wildman–Crippen LogP) is 1.93. The van der Waals surface area contributed by atoms with Gasteiger partial charge in [-0.1, -0.05) is 6.07 Å². The van der Waals surface area contributed by atoms with E-state index in [-0.39, 0.29) is 6.04 Å². The number of nitrogen functional groups attached to an aromatic ring is 1. The molecule has 1 aliphatic heterocycles. The van der Waals surface area contributed by atoms with Gasteiger partial charge in [0, 0.05) is 17.9 Å². The van der Waals surface area contributed by atoms with Crippen LogP contribution in [0, 0.1) is 11.3 Å². The first kappa shape index (κ1) is 9.85. The van der Waals surface area contributed by atoms with E-state index in [2.05, 4.69) is 17.0 Å². The molecule has 78 valence electrons. The quantitative estimate of drug-likeness (QED) is 0.706. The molecular formula is C12H15N3. The molecule has 0 fully saturated rings. The highest BCUT2D eigenvalue weighted by Crippen LogP contribution is 2.30. The summed E-state index contributed by atoms with van der Waals surface area (Å²) in [4.78, 5) is 2.13. The summed E-state index contributed by atoms with van der Waals surface area (Å²) in [6.45, 7) is 2.88. The first-order valence-corrected chi connectivity index (χ1v) is 5.27. The third-order valence-electron chi connectivity index (χ3n) is 2.92. The van der Waals surface area contributed by atoms with Crippen LogP contribution in [-0.4, -0.2) is 12.6 Å². The maximum atomic E-state index is 8.96. The van der Waals surface area contributed by atoms with Crippen molar-refractivity contribution in [3.8, 4) is 6.07 Å². The Morgan fingerprint density at radius 1 is 1.53 bits per heavy atom. The van der Waals surface area contributed by atoms with E-state index in [0.717, 1.165) is 30.8 Å². The second-order valence-corrected chi connectivity index (χ2v) is 3.99. The van der Waals surface area contributed by atoms with Crippen LogP contribution >= 0.6 is 0 Å². The van der Waals surface area contributed by atoms with Gasteiger partial charge in [0.15, 0.2) is 0 Å². The van der Waals surface area contributed by atoms with Crippen molar-refractivity contribution in [2.75, 3.05) is 17.2 Å². The Bertz CT molecular complexity index is 406. The standard InChI is InChI=1S/C12H15N3/c1-9(8-13)15-6-2-3-10-4-5-11(14)7-12(10)15/h4-5,7,9H,2-3,6,14H2,1H3. The summed E-state index contributed by atoms with van der Waals surface area (Å²) >= 11 is 0. The van der Waals surface area contributed by atoms with Crippen LogP contribution < -0.4 is 10.6 Å². The number of benzene rings is 1. The first-order chi connectivity index (χ1) is 7.22. The summed E-state index contributed by atoms with van der Waals surface area (Å²) in [5.41, 5.74) is 8.98. The molecule has 3 heteroatoms. The molecule has 1 heterocycles. The number of nitrogens with two attached hydrogens (primary N) is 1. The Hall–Kier alpha value is -1.69. The average molecular weight is 201 g/mol. The zero-order valence-corrected chi connectivity index (χ0v) is 8.90. The van der Waals surface area contributed by atoms with Gasteiger partial charge in [0.05, 0.1) is 6.07 Å². The van der Waals surface area contributed by atoms with Gasteiger partial charge in [-0.2, -0.15) is 5.26 Å². The van der Waals surface area contributed by atoms with Gasteiger partial charge in [-0.15, -0.1) is 0 Å². The SMILES string of the molecule is CC(C#N)N1CCCc2ccc(N)cc21. The minimum Gasteiger partial charge on any atom is -0.399 e. The van der Waals surface area contributed by atoms with Crippen LogP contribution in [0.3, 0.4) is 0 Å². The lowest BCUT2D eigenvalue weighted by atomic mass is 10.00. The van der Waals surface area contributed by atoms with Crippen molar-refractivity contribution in [3.05, 3.63) is 23.8 Å². The van der Waals surface area contributed by atoms with Crippen molar-refractivity contribution >= 4 is 11.4 Å². The fraction of sp³-hybridized carbons (Fsp3) is 0.417. The monoisotopic (exact) mass is 201 g/mol. The van der Waals surface area contributed by atoms with Gasteiger partial charge in [-0.25, -0.2) is 0 Å². The van der Waals surface area contributed by atoms with Crippen molar-refractivity contribution in [1.82, 2.24) is 0 Å². The van der Waals surface area contributed by atoms with Crippen LogP contribution in [0.25, 0.3) is 0 Å². The fourth-order valence-corrected chi connectivity index (χ4v) is 2.09. The van der Waals surface area contributed by atoms with Crippen LogP contribution in [0.15, 0.2) is 18.2 Å². The number of anilines is 2. The number of hydrogen-bond acceptors (Lipinski definition) is 3. The van der Waals surface area contributed by atoms with E-state index >= 15 is 0 Å². The highest BCUT2D eigenvalue weighted by atomic mass is 15.2. The largest absolute Gasteiger partial charge is 0.399 e. The molecule has 1 aromatic rings. The number of hydrogen-bond donors (Lipinski definition) is 1. The topological polar surface area (TPSA) is 53.0 Å². The molecule has 0 aromatic heterocycles. The number of aryl methyl sites for hydroxylation is 1. The summed E-state index contributed by atoms with van der Waals surface area (Å²) < 4.78 is 0. The summed E-state index contributed by atoms with van der Waals surface area (Å²) in [6.07, 6.45) is 2.20. The summed E-state index contributed by atoms with van der Waals surface area (Å²) in [5.74, 6) is 0. The molecule has 15 heavy (non-hydrogen) atoms. The lowest BCUT2D eigenvalue weighted by Crippen LogP contribution is -2.36. The molecule has 0 spiro atoms. The Morgan fingerprint density at radius 2 is 2.33 bits per heavy atom. The van der Waals surface area contributed by atoms with E-state index in [4.69, 9.17) is 11.0 Å². The normalized spacial score (nSPS) is 16.7. The number of nitriles is 1. The van der Waals surface area contributed by atoms with Crippen LogP contribution in [0.2, 0.25) is 0 Å². The smallest absolute Gasteiger partial charge is 0.114 e. The minimum absolute atomic E-state index is 0.0779. The van der Waals surface area contributed by atoms with E-state index in [1.807, 2.05) is 19.1 Å². The van der Waals surface area contributed by atoms with Gasteiger partial charge < -0.3 is 10.6 Å². The van der Waals surface area contributed by atoms with Crippen LogP contribution in [-0.2, 0) is 6.42 Å². The summed E-state index contributed by atoms with van der Waals surface area (Å²) in [7, 11) is 0. The van der Waals surface area contributed by atoms with E-state index in [1.165, 1.54) is 5.56 Å². The Balaban J connectivity index is 2.41. The molecule has 3 nitrogen and oxygen atoms in total. The molecule has 1 aromatic carbocycles. The van der Waals surface area contributed by atoms with Crippen LogP contribution in [0.4, 0.5) is 11.4 Å². The molecule has 0 aliphatic carbocycles. The van der Waals surface area contributed by atoms with E-state index < -0.39 is 0 Å². The van der Waals surface area contributed by atoms with Crippen molar-refractivity contribution in [1.29, 1.82) is 5.26 Å². The van der Waals surface area contributed by atoms with Crippen LogP contribution in [0.5, 0.6) is 0 Å². The Labute approximate surface area is 90.1 Å². The van der Waals surface area contributed by atoms with Crippen molar-refractivity contribution in [3.63, 3.8) is 0 Å². The van der Waals surface area contributed by atoms with E-state index in [0.29, 0.717) is 0 Å². The predicted molar refractivity (Wildman–Crippen MR) is 61.6 cm³/mol. The maximum absolute atomic E-state index is 8.96. The molecule has 0 saturated carbocycles. The number of rotatable bonds is 1. The second kappa shape index (κ2) is 3.82. The van der Waals surface area contributed by atoms with E-state index in [9.17, 15) is 0 Å². The first-order valence-electron chi connectivity index (χ1n) is 5.27. The van der Waals surface area contributed by atoms with Crippen molar-refractivity contribution in [2.45, 2.75) is 25.8 Å². The van der Waals surface area contributed by atoms with Gasteiger partial charge in [0.1, 0.15) is 6.04 Å². The van der Waals surface area contributed by atoms with Crippen molar-refractivity contribution < 1.29 is 0 Å². The molecule has 0 bridgehead atoms. The zero-order chi connectivity index (χ0) is 10.8. The molecule has 2 rings (SSSR count). The van der Waals surface area contributed by atoms with Gasteiger partial charge in [-0.05, 0) is 37.5 Å². The number of fused-ring (bicyclic) bond motifs is 1. The molecular weight excluding hydrogens is 186 g/mol. The molecule has 1 unspecified atom stereocenters. The number of nitrogens with zero attached hydrogens (tertiary/aromatic N) is 2. The van der Waals surface area contributed by atoms with E-state index in [1.54, 1.807) is 0 Å². The maximum Gasteiger partial charge on any atom is 0.114 e. The summed E-state index contributed by atoms with van der Waals surface area (Å²) in [6, 6.07) is 8.18. The molecule has 0 amide bonds. The van der Waals surface area contributed by atoms with Crippen LogP contribution in [0.1, 0.15) is 18.9 Å². The average Bonchev–Trinajstić information content (AvgIpc) is 2.27. The van der Waals surface area contributed by atoms with Gasteiger partial charge in [0.25, 0.3) is 0 Å². The Morgan fingerprint density at radius 3 is 3.07 bits per heavy atom. The zero-order valence-electron chi connectivity index (χ0n) is 8.90. The molecule has 1 aliphatic rings. The third-order valence-corrected chi connectivity index (χ3v) is 2.92. The lowest BCUT2D eigenvalue weighted by molar-refractivity contribution is 0.662. The minimum atomic E-state index is -0.0779. The highest BCUT2D eigenvalue weighted by molar-refractivity contribution is 5.63. The van der Waals surface area contributed by atoms with Gasteiger partial charge >= 0.3 is 0 Å². The summed E-state index contributed by atoms with van der Waals surface area (Å²) in [5, 5.41) is 8.96. The molecule has 0 radical (unpaired) electrons.